The molecule has 1 aromatic heterocycles. The zero-order valence-corrected chi connectivity index (χ0v) is 14.1. The highest BCUT2D eigenvalue weighted by molar-refractivity contribution is 6.29. The summed E-state index contributed by atoms with van der Waals surface area (Å²) in [7, 11) is 1.63. The Hall–Kier alpha value is -2.48. The normalized spacial score (nSPS) is 25.8. The minimum atomic E-state index is -0.574. The van der Waals surface area contributed by atoms with Crippen molar-refractivity contribution in [2.45, 2.75) is 25.7 Å². The van der Waals surface area contributed by atoms with E-state index in [0.29, 0.717) is 29.8 Å². The quantitative estimate of drug-likeness (QED) is 0.846. The summed E-state index contributed by atoms with van der Waals surface area (Å²) in [6.45, 7) is 2.49. The largest absolute Gasteiger partial charge is 0.467 e. The van der Waals surface area contributed by atoms with Gasteiger partial charge < -0.3 is 19.5 Å². The Morgan fingerprint density at radius 3 is 2.96 bits per heavy atom. The maximum atomic E-state index is 12.3. The molecule has 0 saturated carbocycles. The van der Waals surface area contributed by atoms with Crippen LogP contribution in [0.2, 0.25) is 0 Å². The summed E-state index contributed by atoms with van der Waals surface area (Å²) in [5.41, 5.74) is 0. The summed E-state index contributed by atoms with van der Waals surface area (Å²) in [6.07, 6.45) is 2.89. The van der Waals surface area contributed by atoms with Crippen molar-refractivity contribution < 1.29 is 14.0 Å². The molecule has 2 unspecified atom stereocenters. The number of urea groups is 1. The van der Waals surface area contributed by atoms with Crippen LogP contribution in [0.4, 0.5) is 4.79 Å². The average molecular weight is 352 g/mol. The van der Waals surface area contributed by atoms with Gasteiger partial charge in [0.1, 0.15) is 18.5 Å². The van der Waals surface area contributed by atoms with Crippen molar-refractivity contribution in [2.24, 2.45) is 4.99 Å². The number of carbonyl (C=O) groups excluding carboxylic acids is 2. The smallest absolute Gasteiger partial charge is 0.325 e. The highest BCUT2D eigenvalue weighted by Gasteiger charge is 2.49. The number of fused-ring (bicyclic) bond motifs is 1. The molecular weight excluding hydrogens is 334 g/mol. The number of nitrogens with zero attached hydrogens (tertiary/aromatic N) is 3. The Morgan fingerprint density at radius 1 is 1.50 bits per heavy atom. The molecular formula is C15H18ClN5O3. The van der Waals surface area contributed by atoms with Gasteiger partial charge in [-0.05, 0) is 19.1 Å². The fourth-order valence-corrected chi connectivity index (χ4v) is 2.77. The van der Waals surface area contributed by atoms with Crippen molar-refractivity contribution in [3.8, 4) is 0 Å². The number of halogens is 1. The molecule has 8 nitrogen and oxygen atoms in total. The first kappa shape index (κ1) is 16.4. The van der Waals surface area contributed by atoms with E-state index in [1.165, 1.54) is 4.90 Å². The van der Waals surface area contributed by atoms with Crippen LogP contribution in [-0.4, -0.2) is 53.5 Å². The van der Waals surface area contributed by atoms with E-state index in [0.717, 1.165) is 0 Å². The molecule has 2 atom stereocenters. The van der Waals surface area contributed by atoms with E-state index in [2.05, 4.69) is 15.6 Å². The first-order valence-corrected chi connectivity index (χ1v) is 7.85. The summed E-state index contributed by atoms with van der Waals surface area (Å²) in [5.74, 6) is 0.865. The second kappa shape index (κ2) is 6.56. The number of furan rings is 1. The number of carbonyl (C=O) groups is 2. The zero-order chi connectivity index (χ0) is 17.3. The number of aliphatic imine (C=N–C) groups is 1. The highest BCUT2D eigenvalue weighted by atomic mass is 35.5. The van der Waals surface area contributed by atoms with Crippen LogP contribution in [0.15, 0.2) is 38.9 Å². The Balaban J connectivity index is 1.88. The Morgan fingerprint density at radius 2 is 2.29 bits per heavy atom. The number of allylic oxidation sites excluding steroid dienone is 1. The SMILES string of the molecule is C/C(Cl)=C/CN1C(=NCc2ccco2)NC2C1C(=O)NC(=O)N2C. The van der Waals surface area contributed by atoms with Crippen LogP contribution < -0.4 is 10.6 Å². The molecule has 128 valence electrons. The molecule has 2 aliphatic heterocycles. The number of hydrogen-bond donors (Lipinski definition) is 2. The molecule has 0 bridgehead atoms. The zero-order valence-electron chi connectivity index (χ0n) is 13.3. The van der Waals surface area contributed by atoms with Gasteiger partial charge in [0.2, 0.25) is 0 Å². The summed E-state index contributed by atoms with van der Waals surface area (Å²) < 4.78 is 5.27. The average Bonchev–Trinajstić information content (AvgIpc) is 3.16. The van der Waals surface area contributed by atoms with Gasteiger partial charge in [-0.15, -0.1) is 0 Å². The second-order valence-electron chi connectivity index (χ2n) is 5.60. The lowest BCUT2D eigenvalue weighted by atomic mass is 10.1. The van der Waals surface area contributed by atoms with Crippen LogP contribution in [0, 0.1) is 0 Å². The maximum Gasteiger partial charge on any atom is 0.325 e. The predicted octanol–water partition coefficient (Wildman–Crippen LogP) is 1.06. The number of guanidine groups is 1. The Labute approximate surface area is 144 Å². The minimum absolute atomic E-state index is 0.328. The van der Waals surface area contributed by atoms with Gasteiger partial charge in [0.15, 0.2) is 12.0 Å². The van der Waals surface area contributed by atoms with Crippen molar-refractivity contribution >= 4 is 29.5 Å². The van der Waals surface area contributed by atoms with Gasteiger partial charge in [0.25, 0.3) is 5.91 Å². The van der Waals surface area contributed by atoms with Gasteiger partial charge in [-0.2, -0.15) is 0 Å². The molecule has 2 N–H and O–H groups in total. The monoisotopic (exact) mass is 351 g/mol. The molecule has 9 heteroatoms. The van der Waals surface area contributed by atoms with Gasteiger partial charge in [0, 0.05) is 18.6 Å². The lowest BCUT2D eigenvalue weighted by molar-refractivity contribution is -0.126. The van der Waals surface area contributed by atoms with Gasteiger partial charge in [0.05, 0.1) is 6.26 Å². The molecule has 2 aliphatic rings. The molecule has 0 radical (unpaired) electrons. The third-order valence-electron chi connectivity index (χ3n) is 3.95. The third kappa shape index (κ3) is 3.09. The topological polar surface area (TPSA) is 90.2 Å². The van der Waals surface area contributed by atoms with Crippen molar-refractivity contribution in [3.63, 3.8) is 0 Å². The Bertz CT molecular complexity index is 696. The lowest BCUT2D eigenvalue weighted by Gasteiger charge is -2.35. The summed E-state index contributed by atoms with van der Waals surface area (Å²) in [5, 5.41) is 6.11. The molecule has 0 aromatic carbocycles. The van der Waals surface area contributed by atoms with Crippen molar-refractivity contribution in [2.75, 3.05) is 13.6 Å². The minimum Gasteiger partial charge on any atom is -0.467 e. The van der Waals surface area contributed by atoms with Crippen LogP contribution in [-0.2, 0) is 11.3 Å². The second-order valence-corrected chi connectivity index (χ2v) is 6.20. The summed E-state index contributed by atoms with van der Waals surface area (Å²) >= 11 is 5.92. The molecule has 3 rings (SSSR count). The summed E-state index contributed by atoms with van der Waals surface area (Å²) in [4.78, 5) is 31.8. The molecule has 2 saturated heterocycles. The molecule has 0 spiro atoms. The molecule has 0 aliphatic carbocycles. The number of imide groups is 1. The van der Waals surface area contributed by atoms with Gasteiger partial charge >= 0.3 is 6.03 Å². The standard InChI is InChI=1S/C15H18ClN5O3/c1-9(16)5-6-21-11-12(20(2)15(23)19-13(11)22)18-14(21)17-8-10-4-3-7-24-10/h3-5,7,11-12H,6,8H2,1-2H3,(H,17,18)(H,19,22,23)/b9-5-. The van der Waals surface area contributed by atoms with Crippen LogP contribution in [0.5, 0.6) is 0 Å². The van der Waals surface area contributed by atoms with E-state index in [1.54, 1.807) is 37.3 Å². The van der Waals surface area contributed by atoms with E-state index in [9.17, 15) is 9.59 Å². The van der Waals surface area contributed by atoms with Crippen LogP contribution in [0.3, 0.4) is 0 Å². The van der Waals surface area contributed by atoms with Crippen molar-refractivity contribution in [1.29, 1.82) is 0 Å². The van der Waals surface area contributed by atoms with E-state index in [1.807, 2.05) is 6.07 Å². The van der Waals surface area contributed by atoms with Crippen molar-refractivity contribution in [1.82, 2.24) is 20.4 Å². The van der Waals surface area contributed by atoms with Crippen LogP contribution in [0.25, 0.3) is 0 Å². The highest BCUT2D eigenvalue weighted by Crippen LogP contribution is 2.21. The summed E-state index contributed by atoms with van der Waals surface area (Å²) in [6, 6.07) is 2.59. The fourth-order valence-electron chi connectivity index (χ4n) is 2.70. The predicted molar refractivity (Wildman–Crippen MR) is 88.2 cm³/mol. The molecule has 3 amide bonds. The maximum absolute atomic E-state index is 12.3. The van der Waals surface area contributed by atoms with Gasteiger partial charge in [-0.25, -0.2) is 9.79 Å². The third-order valence-corrected chi connectivity index (χ3v) is 4.11. The first-order valence-electron chi connectivity index (χ1n) is 7.47. The number of rotatable bonds is 4. The number of hydrogen-bond acceptors (Lipinski definition) is 4. The Kier molecular flexibility index (Phi) is 4.48. The molecule has 24 heavy (non-hydrogen) atoms. The van der Waals surface area contributed by atoms with Crippen LogP contribution >= 0.6 is 11.6 Å². The van der Waals surface area contributed by atoms with E-state index < -0.39 is 18.2 Å². The molecule has 3 heterocycles. The van der Waals surface area contributed by atoms with Crippen molar-refractivity contribution in [3.05, 3.63) is 35.3 Å². The lowest BCUT2D eigenvalue weighted by Crippen LogP contribution is -2.64. The number of amides is 3. The fraction of sp³-hybridized carbons (Fsp3) is 0.400. The van der Waals surface area contributed by atoms with E-state index >= 15 is 0 Å². The molecule has 2 fully saturated rings. The van der Waals surface area contributed by atoms with E-state index in [-0.39, 0.29) is 5.91 Å². The van der Waals surface area contributed by atoms with E-state index in [4.69, 9.17) is 16.0 Å². The van der Waals surface area contributed by atoms with Gasteiger partial charge in [-0.3, -0.25) is 10.1 Å². The number of likely N-dealkylation sites (N-methyl/N-ethyl adjacent to an activating group) is 1. The van der Waals surface area contributed by atoms with Crippen LogP contribution in [0.1, 0.15) is 12.7 Å². The number of nitrogens with one attached hydrogen (secondary N) is 2. The first-order chi connectivity index (χ1) is 11.5. The molecule has 1 aromatic rings. The van der Waals surface area contributed by atoms with Gasteiger partial charge in [-0.1, -0.05) is 17.7 Å².